The Morgan fingerprint density at radius 3 is 1.67 bits per heavy atom. The number of carboxylic acid groups (broad SMARTS) is 1. The minimum absolute atomic E-state index is 0. The first kappa shape index (κ1) is 19.8. The molecule has 0 amide bonds. The number of aliphatic carboxylic acids is 1. The molecule has 0 aliphatic heterocycles. The maximum Gasteiger partial charge on any atom is 0.394 e. The Hall–Kier alpha value is -0.740. The van der Waals surface area contributed by atoms with Gasteiger partial charge in [0, 0.05) is 0 Å². The molecule has 15 heavy (non-hydrogen) atoms. The van der Waals surface area contributed by atoms with E-state index in [0.29, 0.717) is 12.3 Å². The molecule has 1 atom stereocenters. The van der Waals surface area contributed by atoms with Gasteiger partial charge in [-0.15, -0.1) is 0 Å². The van der Waals surface area contributed by atoms with Crippen LogP contribution in [0.25, 0.3) is 0 Å². The smallest absolute Gasteiger partial charge is 0.394 e. The molecule has 0 aliphatic rings. The van der Waals surface area contributed by atoms with Gasteiger partial charge in [0.1, 0.15) is 6.04 Å². The Kier molecular flexibility index (Phi) is 11.3. The lowest BCUT2D eigenvalue weighted by molar-refractivity contribution is -0.138. The van der Waals surface area contributed by atoms with Crippen LogP contribution in [0.2, 0.25) is 0 Å². The lowest BCUT2D eigenvalue weighted by Crippen LogP contribution is -2.31. The molecule has 94 valence electrons. The first-order chi connectivity index (χ1) is 6.04. The van der Waals surface area contributed by atoms with Crippen LogP contribution in [0.15, 0.2) is 0 Å². The molecule has 0 aromatic heterocycles. The van der Waals surface area contributed by atoms with Gasteiger partial charge in [-0.3, -0.25) is 13.9 Å². The zero-order chi connectivity index (χ0) is 11.9. The Morgan fingerprint density at radius 1 is 1.33 bits per heavy atom. The predicted molar refractivity (Wildman–Crippen MR) is 54.3 cm³/mol. The number of carbonyl (C=O) groups is 1. The SMILES string of the molecule is CC(C)C[C@H](N)C(=O)O.N.O=S(=O)(O)O. The van der Waals surface area contributed by atoms with E-state index < -0.39 is 22.4 Å². The van der Waals surface area contributed by atoms with Gasteiger partial charge in [0.2, 0.25) is 0 Å². The van der Waals surface area contributed by atoms with Gasteiger partial charge in [-0.2, -0.15) is 8.42 Å². The van der Waals surface area contributed by atoms with Crippen molar-refractivity contribution in [2.75, 3.05) is 0 Å². The summed E-state index contributed by atoms with van der Waals surface area (Å²) >= 11 is 0. The fourth-order valence-electron chi connectivity index (χ4n) is 0.609. The molecule has 0 fully saturated rings. The molecule has 0 radical (unpaired) electrons. The van der Waals surface area contributed by atoms with E-state index in [9.17, 15) is 4.79 Å². The summed E-state index contributed by atoms with van der Waals surface area (Å²) in [5, 5.41) is 8.31. The molecule has 0 heterocycles. The van der Waals surface area contributed by atoms with E-state index in [1.54, 1.807) is 0 Å². The Labute approximate surface area is 88.6 Å². The molecule has 8 nitrogen and oxygen atoms in total. The van der Waals surface area contributed by atoms with Crippen LogP contribution in [0, 0.1) is 5.92 Å². The molecule has 0 saturated heterocycles. The third kappa shape index (κ3) is 31.9. The average molecular weight is 246 g/mol. The van der Waals surface area contributed by atoms with Gasteiger partial charge in [0.05, 0.1) is 0 Å². The topological polar surface area (TPSA) is 173 Å². The molecule has 0 aliphatic carbocycles. The number of hydrogen-bond acceptors (Lipinski definition) is 5. The second-order valence-electron chi connectivity index (χ2n) is 3.02. The fraction of sp³-hybridized carbons (Fsp3) is 0.833. The highest BCUT2D eigenvalue weighted by atomic mass is 32.3. The van der Waals surface area contributed by atoms with Gasteiger partial charge >= 0.3 is 16.4 Å². The molecule has 9 heteroatoms. The van der Waals surface area contributed by atoms with Crippen LogP contribution in [0.1, 0.15) is 20.3 Å². The van der Waals surface area contributed by atoms with Crippen molar-refractivity contribution in [3.63, 3.8) is 0 Å². The van der Waals surface area contributed by atoms with Crippen molar-refractivity contribution in [2.45, 2.75) is 26.3 Å². The monoisotopic (exact) mass is 246 g/mol. The molecule has 0 unspecified atom stereocenters. The minimum atomic E-state index is -4.67. The van der Waals surface area contributed by atoms with Crippen molar-refractivity contribution in [3.05, 3.63) is 0 Å². The van der Waals surface area contributed by atoms with Crippen molar-refractivity contribution in [1.29, 1.82) is 0 Å². The van der Waals surface area contributed by atoms with Gasteiger partial charge < -0.3 is 17.0 Å². The second kappa shape index (κ2) is 8.56. The van der Waals surface area contributed by atoms with Crippen LogP contribution in [-0.4, -0.2) is 34.6 Å². The van der Waals surface area contributed by atoms with E-state index in [-0.39, 0.29) is 6.15 Å². The Bertz CT molecular complexity index is 255. The molecule has 0 saturated carbocycles. The molecular weight excluding hydrogens is 228 g/mol. The van der Waals surface area contributed by atoms with Crippen LogP contribution < -0.4 is 11.9 Å². The summed E-state index contributed by atoms with van der Waals surface area (Å²) in [5.41, 5.74) is 5.22. The highest BCUT2D eigenvalue weighted by Crippen LogP contribution is 2.01. The summed E-state index contributed by atoms with van der Waals surface area (Å²) < 4.78 is 31.6. The lowest BCUT2D eigenvalue weighted by atomic mass is 10.1. The van der Waals surface area contributed by atoms with Gasteiger partial charge in [-0.25, -0.2) is 0 Å². The quantitative estimate of drug-likeness (QED) is 0.431. The highest BCUT2D eigenvalue weighted by molar-refractivity contribution is 7.79. The minimum Gasteiger partial charge on any atom is -0.480 e. The first-order valence-electron chi connectivity index (χ1n) is 3.72. The molecule has 0 aromatic carbocycles. The summed E-state index contributed by atoms with van der Waals surface area (Å²) in [6, 6.07) is -0.690. The van der Waals surface area contributed by atoms with Crippen molar-refractivity contribution in [1.82, 2.24) is 6.15 Å². The standard InChI is InChI=1S/C6H13NO2.H3N.H2O4S/c1-4(2)3-5(7)6(8)9;;1-5(2,3)4/h4-5H,3,7H2,1-2H3,(H,8,9);1H3;(H2,1,2,3,4)/t5-;;/m0../s1. The normalized spacial score (nSPS) is 12.1. The Morgan fingerprint density at radius 2 is 1.60 bits per heavy atom. The van der Waals surface area contributed by atoms with E-state index in [1.807, 2.05) is 13.8 Å². The van der Waals surface area contributed by atoms with Gasteiger partial charge in [0.15, 0.2) is 0 Å². The first-order valence-corrected chi connectivity index (χ1v) is 5.12. The largest absolute Gasteiger partial charge is 0.480 e. The third-order valence-electron chi connectivity index (χ3n) is 1.04. The van der Waals surface area contributed by atoms with Crippen molar-refractivity contribution in [2.24, 2.45) is 11.7 Å². The summed E-state index contributed by atoms with van der Waals surface area (Å²) in [6.45, 7) is 3.89. The molecule has 0 spiro atoms. The zero-order valence-corrected chi connectivity index (χ0v) is 9.44. The van der Waals surface area contributed by atoms with E-state index in [2.05, 4.69) is 0 Å². The van der Waals surface area contributed by atoms with Gasteiger partial charge in [-0.1, -0.05) is 13.8 Å². The molecule has 0 aromatic rings. The molecular formula is C6H18N2O6S. The van der Waals surface area contributed by atoms with Crippen LogP contribution in [-0.2, 0) is 15.2 Å². The van der Waals surface area contributed by atoms with Crippen molar-refractivity contribution >= 4 is 16.4 Å². The predicted octanol–water partition coefficient (Wildman–Crippen LogP) is -0.0464. The summed E-state index contributed by atoms with van der Waals surface area (Å²) in [6.07, 6.45) is 0.551. The van der Waals surface area contributed by atoms with Gasteiger partial charge in [-0.05, 0) is 12.3 Å². The van der Waals surface area contributed by atoms with Gasteiger partial charge in [0.25, 0.3) is 0 Å². The van der Waals surface area contributed by atoms with Crippen LogP contribution in [0.5, 0.6) is 0 Å². The second-order valence-corrected chi connectivity index (χ2v) is 3.92. The summed E-state index contributed by atoms with van der Waals surface area (Å²) in [7, 11) is -4.67. The Balaban J connectivity index is -0.000000208. The van der Waals surface area contributed by atoms with Crippen LogP contribution in [0.4, 0.5) is 0 Å². The zero-order valence-electron chi connectivity index (χ0n) is 8.62. The summed E-state index contributed by atoms with van der Waals surface area (Å²) in [4.78, 5) is 10.1. The van der Waals surface area contributed by atoms with Crippen LogP contribution >= 0.6 is 0 Å². The number of carboxylic acids is 1. The fourth-order valence-corrected chi connectivity index (χ4v) is 0.609. The summed E-state index contributed by atoms with van der Waals surface area (Å²) in [5.74, 6) is -0.556. The highest BCUT2D eigenvalue weighted by Gasteiger charge is 2.11. The van der Waals surface area contributed by atoms with E-state index in [4.69, 9.17) is 28.4 Å². The van der Waals surface area contributed by atoms with Crippen molar-refractivity contribution < 1.29 is 27.4 Å². The van der Waals surface area contributed by atoms with Crippen molar-refractivity contribution in [3.8, 4) is 0 Å². The number of nitrogens with two attached hydrogens (primary N) is 1. The maximum absolute atomic E-state index is 10.1. The molecule has 0 rings (SSSR count). The maximum atomic E-state index is 10.1. The molecule has 0 bridgehead atoms. The number of hydrogen-bond donors (Lipinski definition) is 5. The molecule has 8 N–H and O–H groups in total. The average Bonchev–Trinajstić information content (AvgIpc) is 1.80. The number of rotatable bonds is 3. The van der Waals surface area contributed by atoms with E-state index >= 15 is 0 Å². The van der Waals surface area contributed by atoms with E-state index in [1.165, 1.54) is 0 Å². The van der Waals surface area contributed by atoms with E-state index in [0.717, 1.165) is 0 Å². The lowest BCUT2D eigenvalue weighted by Gasteiger charge is -2.07. The third-order valence-corrected chi connectivity index (χ3v) is 1.04. The van der Waals surface area contributed by atoms with Crippen LogP contribution in [0.3, 0.4) is 0 Å².